The number of amides is 1. The van der Waals surface area contributed by atoms with Gasteiger partial charge in [0.05, 0.1) is 28.3 Å². The highest BCUT2D eigenvalue weighted by Gasteiger charge is 2.76. The lowest BCUT2D eigenvalue weighted by molar-refractivity contribution is 0.00475. The molecule has 0 radical (unpaired) electrons. The van der Waals surface area contributed by atoms with Crippen molar-refractivity contribution in [2.24, 2.45) is 31.3 Å². The number of nitrogens with zero attached hydrogens (tertiary/aromatic N) is 4. The van der Waals surface area contributed by atoms with Crippen molar-refractivity contribution in [1.29, 1.82) is 0 Å². The fraction of sp³-hybridized carbons (Fsp3) is 0.536. The molecule has 5 atom stereocenters. The summed E-state index contributed by atoms with van der Waals surface area (Å²) in [6, 6.07) is 5.87. The predicted molar refractivity (Wildman–Crippen MR) is 142 cm³/mol. The van der Waals surface area contributed by atoms with Gasteiger partial charge in [-0.1, -0.05) is 11.6 Å². The second kappa shape index (κ2) is 8.78. The Morgan fingerprint density at radius 2 is 2.05 bits per heavy atom. The third-order valence-electron chi connectivity index (χ3n) is 8.88. The largest absolute Gasteiger partial charge is 0.474 e. The van der Waals surface area contributed by atoms with Crippen molar-refractivity contribution in [2.45, 2.75) is 56.7 Å². The Labute approximate surface area is 230 Å². The topological polar surface area (TPSA) is 114 Å². The SMILES string of the molecule is Cn1cnc([C@H]2C[C@H]3C[C@](O)(c4cc(OCC(C)(C)O)nn4C)C4CC43C2)c1C(=O)Nc1ccc(F)c(Cl)c1. The molecule has 208 valence electrons. The molecule has 9 nitrogen and oxygen atoms in total. The molecule has 1 aromatic carbocycles. The average molecular weight is 558 g/mol. The molecule has 0 aliphatic heterocycles. The van der Waals surface area contributed by atoms with Crippen LogP contribution in [0.4, 0.5) is 10.1 Å². The molecule has 3 aliphatic rings. The fourth-order valence-corrected chi connectivity index (χ4v) is 7.36. The van der Waals surface area contributed by atoms with Crippen LogP contribution in [-0.2, 0) is 19.7 Å². The number of halogens is 2. The molecular weight excluding hydrogens is 525 g/mol. The molecule has 2 aromatic heterocycles. The lowest BCUT2D eigenvalue weighted by Crippen LogP contribution is -2.30. The Morgan fingerprint density at radius 3 is 2.74 bits per heavy atom. The van der Waals surface area contributed by atoms with Gasteiger partial charge in [-0.3, -0.25) is 9.48 Å². The molecule has 3 aromatic rings. The van der Waals surface area contributed by atoms with Crippen LogP contribution >= 0.6 is 11.6 Å². The van der Waals surface area contributed by atoms with Gasteiger partial charge in [0.2, 0.25) is 5.88 Å². The second-order valence-electron chi connectivity index (χ2n) is 12.2. The lowest BCUT2D eigenvalue weighted by atomic mass is 9.87. The Hall–Kier alpha value is -2.95. The highest BCUT2D eigenvalue weighted by atomic mass is 35.5. The van der Waals surface area contributed by atoms with Gasteiger partial charge in [0.1, 0.15) is 23.7 Å². The first-order chi connectivity index (χ1) is 18.3. The van der Waals surface area contributed by atoms with Crippen molar-refractivity contribution in [3.8, 4) is 5.88 Å². The zero-order chi connectivity index (χ0) is 27.9. The van der Waals surface area contributed by atoms with Crippen LogP contribution in [0.5, 0.6) is 5.88 Å². The number of hydrogen-bond donors (Lipinski definition) is 3. The number of carbonyl (C=O) groups excluding carboxylic acids is 1. The summed E-state index contributed by atoms with van der Waals surface area (Å²) < 4.78 is 22.6. The van der Waals surface area contributed by atoms with Crippen molar-refractivity contribution < 1.29 is 24.1 Å². The number of nitrogens with one attached hydrogen (secondary N) is 1. The first-order valence-electron chi connectivity index (χ1n) is 13.2. The normalized spacial score (nSPS) is 29.3. The minimum Gasteiger partial charge on any atom is -0.474 e. The molecule has 2 unspecified atom stereocenters. The molecule has 3 saturated carbocycles. The summed E-state index contributed by atoms with van der Waals surface area (Å²) in [5.41, 5.74) is 0.398. The van der Waals surface area contributed by atoms with Gasteiger partial charge in [-0.2, -0.15) is 0 Å². The van der Waals surface area contributed by atoms with E-state index in [1.165, 1.54) is 18.2 Å². The van der Waals surface area contributed by atoms with E-state index < -0.39 is 17.0 Å². The fourth-order valence-electron chi connectivity index (χ4n) is 7.18. The van der Waals surface area contributed by atoms with Gasteiger partial charge >= 0.3 is 0 Å². The van der Waals surface area contributed by atoms with Gasteiger partial charge in [0, 0.05) is 31.8 Å². The van der Waals surface area contributed by atoms with Gasteiger partial charge in [0.25, 0.3) is 5.91 Å². The van der Waals surface area contributed by atoms with E-state index in [0.717, 1.165) is 30.7 Å². The summed E-state index contributed by atoms with van der Waals surface area (Å²) in [6.45, 7) is 3.44. The van der Waals surface area contributed by atoms with E-state index in [1.807, 2.05) is 7.05 Å². The van der Waals surface area contributed by atoms with Crippen LogP contribution in [0.3, 0.4) is 0 Å². The summed E-state index contributed by atoms with van der Waals surface area (Å²) in [4.78, 5) is 17.9. The molecule has 3 fully saturated rings. The molecule has 1 amide bonds. The molecular formula is C28H33ClFN5O4. The number of imidazole rings is 1. The van der Waals surface area contributed by atoms with Crippen molar-refractivity contribution in [2.75, 3.05) is 11.9 Å². The van der Waals surface area contributed by atoms with Crippen LogP contribution in [0.25, 0.3) is 0 Å². The van der Waals surface area contributed by atoms with Crippen LogP contribution in [0.15, 0.2) is 30.6 Å². The predicted octanol–water partition coefficient (Wildman–Crippen LogP) is 4.14. The highest BCUT2D eigenvalue weighted by molar-refractivity contribution is 6.31. The standard InChI is InChI=1S/C28H33ClFN5O4/c1-26(2,37)13-39-22-9-21(35(4)33-22)28(38)11-16-7-15(10-27(16)12-20(27)28)23-24(34(3)14-31-23)25(36)32-17-5-6-19(30)18(29)8-17/h5-6,8-9,14-16,20,37-38H,7,10-13H2,1-4H3,(H,32,36)/t15-,16-,20?,27?,28+/m0/s1. The number of carbonyl (C=O) groups is 1. The van der Waals surface area contributed by atoms with Gasteiger partial charge < -0.3 is 24.8 Å². The van der Waals surface area contributed by atoms with E-state index >= 15 is 0 Å². The van der Waals surface area contributed by atoms with Crippen molar-refractivity contribution >= 4 is 23.2 Å². The summed E-state index contributed by atoms with van der Waals surface area (Å²) in [6.07, 6.45) is 4.86. The van der Waals surface area contributed by atoms with E-state index in [-0.39, 0.29) is 34.8 Å². The van der Waals surface area contributed by atoms with Gasteiger partial charge in [-0.15, -0.1) is 5.10 Å². The Morgan fingerprint density at radius 1 is 1.28 bits per heavy atom. The third kappa shape index (κ3) is 4.33. The molecule has 39 heavy (non-hydrogen) atoms. The molecule has 0 saturated heterocycles. The zero-order valence-electron chi connectivity index (χ0n) is 22.4. The number of aliphatic hydroxyl groups is 2. The number of ether oxygens (including phenoxy) is 1. The summed E-state index contributed by atoms with van der Waals surface area (Å²) in [5.74, 6) is 0.0109. The number of benzene rings is 1. The minimum absolute atomic E-state index is 0.00749. The first kappa shape index (κ1) is 26.3. The average Bonchev–Trinajstić information content (AvgIpc) is 3.09. The third-order valence-corrected chi connectivity index (χ3v) is 9.17. The quantitative estimate of drug-likeness (QED) is 0.402. The van der Waals surface area contributed by atoms with Gasteiger partial charge in [-0.25, -0.2) is 9.37 Å². The second-order valence-corrected chi connectivity index (χ2v) is 12.6. The van der Waals surface area contributed by atoms with E-state index in [0.29, 0.717) is 29.6 Å². The lowest BCUT2D eigenvalue weighted by Gasteiger charge is -2.26. The van der Waals surface area contributed by atoms with E-state index in [4.69, 9.17) is 16.3 Å². The molecule has 6 rings (SSSR count). The van der Waals surface area contributed by atoms with E-state index in [2.05, 4.69) is 15.4 Å². The van der Waals surface area contributed by atoms with Crippen LogP contribution in [-0.4, -0.2) is 47.7 Å². The summed E-state index contributed by atoms with van der Waals surface area (Å²) in [5, 5.41) is 29.1. The molecule has 1 spiro atoms. The Bertz CT molecular complexity index is 1460. The van der Waals surface area contributed by atoms with Gasteiger partial charge in [-0.05, 0) is 75.0 Å². The van der Waals surface area contributed by atoms with Crippen molar-refractivity contribution in [3.63, 3.8) is 0 Å². The monoisotopic (exact) mass is 557 g/mol. The highest BCUT2D eigenvalue weighted by Crippen LogP contribution is 2.80. The summed E-state index contributed by atoms with van der Waals surface area (Å²) in [7, 11) is 3.60. The van der Waals surface area contributed by atoms with Crippen molar-refractivity contribution in [3.05, 3.63) is 58.5 Å². The van der Waals surface area contributed by atoms with Crippen molar-refractivity contribution in [1.82, 2.24) is 19.3 Å². The van der Waals surface area contributed by atoms with Crippen LogP contribution < -0.4 is 10.1 Å². The molecule has 0 bridgehead atoms. The first-order valence-corrected chi connectivity index (χ1v) is 13.6. The van der Waals surface area contributed by atoms with Gasteiger partial charge in [0.15, 0.2) is 0 Å². The molecule has 3 N–H and O–H groups in total. The Kier molecular flexibility index (Phi) is 5.91. The summed E-state index contributed by atoms with van der Waals surface area (Å²) >= 11 is 5.89. The molecule has 3 aliphatic carbocycles. The number of rotatable bonds is 7. The number of aromatic nitrogens is 4. The van der Waals surface area contributed by atoms with E-state index in [1.54, 1.807) is 42.5 Å². The smallest absolute Gasteiger partial charge is 0.274 e. The Balaban J connectivity index is 1.19. The minimum atomic E-state index is -1.00. The van der Waals surface area contributed by atoms with Crippen LogP contribution in [0.1, 0.15) is 67.3 Å². The maximum Gasteiger partial charge on any atom is 0.274 e. The maximum atomic E-state index is 13.6. The molecule has 2 heterocycles. The van der Waals surface area contributed by atoms with Crippen LogP contribution in [0.2, 0.25) is 5.02 Å². The number of anilines is 1. The zero-order valence-corrected chi connectivity index (χ0v) is 23.2. The number of aryl methyl sites for hydroxylation is 2. The maximum absolute atomic E-state index is 13.6. The molecule has 11 heteroatoms. The number of hydrogen-bond acceptors (Lipinski definition) is 6. The van der Waals surface area contributed by atoms with Crippen LogP contribution in [0, 0.1) is 23.1 Å². The van der Waals surface area contributed by atoms with E-state index in [9.17, 15) is 19.4 Å².